The van der Waals surface area contributed by atoms with E-state index < -0.39 is 10.0 Å². The summed E-state index contributed by atoms with van der Waals surface area (Å²) in [6, 6.07) is 10.4. The Hall–Kier alpha value is -1.99. The average molecular weight is 332 g/mol. The van der Waals surface area contributed by atoms with Crippen LogP contribution >= 0.6 is 0 Å². The van der Waals surface area contributed by atoms with Gasteiger partial charge >= 0.3 is 0 Å². The SMILES string of the molecule is NS(=O)(=O)c1cnc(N2CCCC(Cc3ccccc3)C2)nc1. The van der Waals surface area contributed by atoms with E-state index in [0.717, 1.165) is 25.9 Å². The van der Waals surface area contributed by atoms with Crippen LogP contribution in [0.3, 0.4) is 0 Å². The van der Waals surface area contributed by atoms with Crippen LogP contribution in [0.1, 0.15) is 18.4 Å². The standard InChI is InChI=1S/C16H20N4O2S/c17-23(21,22)15-10-18-16(19-11-15)20-8-4-7-14(12-20)9-13-5-2-1-3-6-13/h1-3,5-6,10-11,14H,4,7-9,12H2,(H2,17,21,22). The Balaban J connectivity index is 1.68. The van der Waals surface area contributed by atoms with E-state index in [1.54, 1.807) is 0 Å². The normalized spacial score (nSPS) is 18.8. The Morgan fingerprint density at radius 1 is 1.17 bits per heavy atom. The molecule has 0 saturated carbocycles. The van der Waals surface area contributed by atoms with Gasteiger partial charge in [-0.3, -0.25) is 0 Å². The lowest BCUT2D eigenvalue weighted by atomic mass is 9.91. The van der Waals surface area contributed by atoms with Gasteiger partial charge in [-0.05, 0) is 30.7 Å². The third-order valence-electron chi connectivity index (χ3n) is 4.11. The molecule has 0 bridgehead atoms. The maximum atomic E-state index is 11.3. The van der Waals surface area contributed by atoms with Crippen molar-refractivity contribution >= 4 is 16.0 Å². The second kappa shape index (κ2) is 6.64. The van der Waals surface area contributed by atoms with Crippen LogP contribution < -0.4 is 10.0 Å². The minimum absolute atomic E-state index is 0.0564. The summed E-state index contributed by atoms with van der Waals surface area (Å²) in [5, 5.41) is 5.07. The van der Waals surface area contributed by atoms with Gasteiger partial charge in [0, 0.05) is 13.1 Å². The van der Waals surface area contributed by atoms with E-state index in [9.17, 15) is 8.42 Å². The lowest BCUT2D eigenvalue weighted by Crippen LogP contribution is -2.37. The van der Waals surface area contributed by atoms with Crippen LogP contribution in [0.2, 0.25) is 0 Å². The van der Waals surface area contributed by atoms with Crippen LogP contribution in [0.25, 0.3) is 0 Å². The van der Waals surface area contributed by atoms with Gasteiger partial charge in [-0.25, -0.2) is 23.5 Å². The molecule has 1 aliphatic rings. The molecular formula is C16H20N4O2S. The highest BCUT2D eigenvalue weighted by Crippen LogP contribution is 2.23. The zero-order chi connectivity index (χ0) is 16.3. The van der Waals surface area contributed by atoms with Crippen molar-refractivity contribution in [3.8, 4) is 0 Å². The summed E-state index contributed by atoms with van der Waals surface area (Å²) >= 11 is 0. The molecule has 122 valence electrons. The fraction of sp³-hybridized carbons (Fsp3) is 0.375. The van der Waals surface area contributed by atoms with Gasteiger partial charge in [0.05, 0.1) is 12.4 Å². The van der Waals surface area contributed by atoms with E-state index in [4.69, 9.17) is 5.14 Å². The summed E-state index contributed by atoms with van der Waals surface area (Å²) in [5.74, 6) is 1.11. The Labute approximate surface area is 136 Å². The number of nitrogens with two attached hydrogens (primary N) is 1. The number of hydrogen-bond donors (Lipinski definition) is 1. The number of piperidine rings is 1. The second-order valence-electron chi connectivity index (χ2n) is 5.91. The number of anilines is 1. The monoisotopic (exact) mass is 332 g/mol. The molecule has 1 atom stereocenters. The fourth-order valence-corrected chi connectivity index (χ4v) is 3.38. The molecule has 2 heterocycles. The highest BCUT2D eigenvalue weighted by atomic mass is 32.2. The first-order valence-corrected chi connectivity index (χ1v) is 9.21. The lowest BCUT2D eigenvalue weighted by molar-refractivity contribution is 0.409. The summed E-state index contributed by atoms with van der Waals surface area (Å²) in [5.41, 5.74) is 1.34. The van der Waals surface area contributed by atoms with Gasteiger partial charge in [-0.15, -0.1) is 0 Å². The van der Waals surface area contributed by atoms with Crippen molar-refractivity contribution in [2.24, 2.45) is 11.1 Å². The molecule has 0 spiro atoms. The first-order chi connectivity index (χ1) is 11.0. The van der Waals surface area contributed by atoms with Crippen LogP contribution in [-0.2, 0) is 16.4 Å². The molecule has 6 nitrogen and oxygen atoms in total. The smallest absolute Gasteiger partial charge is 0.241 e. The number of nitrogens with zero attached hydrogens (tertiary/aromatic N) is 3. The van der Waals surface area contributed by atoms with Gasteiger partial charge in [0.2, 0.25) is 16.0 Å². The van der Waals surface area contributed by atoms with Crippen molar-refractivity contribution in [2.75, 3.05) is 18.0 Å². The van der Waals surface area contributed by atoms with Crippen molar-refractivity contribution in [3.63, 3.8) is 0 Å². The second-order valence-corrected chi connectivity index (χ2v) is 7.47. The van der Waals surface area contributed by atoms with Crippen molar-refractivity contribution in [1.29, 1.82) is 0 Å². The zero-order valence-electron chi connectivity index (χ0n) is 12.8. The maximum absolute atomic E-state index is 11.3. The molecule has 1 aliphatic heterocycles. The lowest BCUT2D eigenvalue weighted by Gasteiger charge is -2.32. The minimum atomic E-state index is -3.75. The van der Waals surface area contributed by atoms with Gasteiger partial charge in [0.1, 0.15) is 4.90 Å². The van der Waals surface area contributed by atoms with Gasteiger partial charge in [0.15, 0.2) is 0 Å². The van der Waals surface area contributed by atoms with Crippen LogP contribution in [0, 0.1) is 5.92 Å². The molecule has 1 aromatic heterocycles. The summed E-state index contributed by atoms with van der Waals surface area (Å²) in [6.07, 6.45) is 5.85. The summed E-state index contributed by atoms with van der Waals surface area (Å²) in [7, 11) is -3.75. The molecule has 1 aromatic carbocycles. The first kappa shape index (κ1) is 15.9. The zero-order valence-corrected chi connectivity index (χ0v) is 13.6. The Morgan fingerprint density at radius 2 is 1.87 bits per heavy atom. The van der Waals surface area contributed by atoms with E-state index in [1.165, 1.54) is 24.4 Å². The van der Waals surface area contributed by atoms with Gasteiger partial charge in [-0.1, -0.05) is 30.3 Å². The fourth-order valence-electron chi connectivity index (χ4n) is 2.98. The van der Waals surface area contributed by atoms with Crippen LogP contribution in [0.5, 0.6) is 0 Å². The topological polar surface area (TPSA) is 89.2 Å². The Morgan fingerprint density at radius 3 is 2.52 bits per heavy atom. The number of hydrogen-bond acceptors (Lipinski definition) is 5. The van der Waals surface area contributed by atoms with Crippen LogP contribution in [-0.4, -0.2) is 31.5 Å². The third kappa shape index (κ3) is 4.05. The first-order valence-electron chi connectivity index (χ1n) is 7.66. The molecular weight excluding hydrogens is 312 g/mol. The van der Waals surface area contributed by atoms with Gasteiger partial charge in [0.25, 0.3) is 0 Å². The quantitative estimate of drug-likeness (QED) is 0.918. The minimum Gasteiger partial charge on any atom is -0.341 e. The molecule has 2 aromatic rings. The molecule has 1 unspecified atom stereocenters. The predicted molar refractivity (Wildman–Crippen MR) is 88.5 cm³/mol. The van der Waals surface area contributed by atoms with Gasteiger partial charge < -0.3 is 4.90 Å². The Kier molecular flexibility index (Phi) is 4.58. The van der Waals surface area contributed by atoms with E-state index in [2.05, 4.69) is 39.1 Å². The maximum Gasteiger partial charge on any atom is 0.241 e. The Bertz CT molecular complexity index is 747. The molecule has 1 saturated heterocycles. The molecule has 7 heteroatoms. The summed E-state index contributed by atoms with van der Waals surface area (Å²) in [4.78, 5) is 10.4. The molecule has 2 N–H and O–H groups in total. The number of rotatable bonds is 4. The number of aromatic nitrogens is 2. The summed E-state index contributed by atoms with van der Waals surface area (Å²) < 4.78 is 22.5. The van der Waals surface area contributed by atoms with Crippen molar-refractivity contribution in [2.45, 2.75) is 24.2 Å². The predicted octanol–water partition coefficient (Wildman–Crippen LogP) is 1.58. The number of benzene rings is 1. The van der Waals surface area contributed by atoms with Crippen molar-refractivity contribution < 1.29 is 8.42 Å². The van der Waals surface area contributed by atoms with Crippen LogP contribution in [0.4, 0.5) is 5.95 Å². The third-order valence-corrected chi connectivity index (χ3v) is 4.98. The average Bonchev–Trinajstić information content (AvgIpc) is 2.55. The van der Waals surface area contributed by atoms with Crippen molar-refractivity contribution in [3.05, 3.63) is 48.3 Å². The number of sulfonamides is 1. The highest BCUT2D eigenvalue weighted by Gasteiger charge is 2.22. The summed E-state index contributed by atoms with van der Waals surface area (Å²) in [6.45, 7) is 1.77. The van der Waals surface area contributed by atoms with E-state index >= 15 is 0 Å². The van der Waals surface area contributed by atoms with Crippen LogP contribution in [0.15, 0.2) is 47.6 Å². The molecule has 23 heavy (non-hydrogen) atoms. The van der Waals surface area contributed by atoms with E-state index in [-0.39, 0.29) is 4.90 Å². The molecule has 0 radical (unpaired) electrons. The number of primary sulfonamides is 1. The van der Waals surface area contributed by atoms with E-state index in [1.807, 2.05) is 6.07 Å². The highest BCUT2D eigenvalue weighted by molar-refractivity contribution is 7.89. The molecule has 0 aliphatic carbocycles. The van der Waals surface area contributed by atoms with Gasteiger partial charge in [-0.2, -0.15) is 0 Å². The van der Waals surface area contributed by atoms with E-state index in [0.29, 0.717) is 11.9 Å². The molecule has 0 amide bonds. The van der Waals surface area contributed by atoms with Crippen molar-refractivity contribution in [1.82, 2.24) is 9.97 Å². The largest absolute Gasteiger partial charge is 0.341 e. The molecule has 1 fully saturated rings. The molecule has 3 rings (SSSR count).